The fourth-order valence-electron chi connectivity index (χ4n) is 2.20. The van der Waals surface area contributed by atoms with Crippen LogP contribution in [0.3, 0.4) is 0 Å². The number of halogens is 2. The van der Waals surface area contributed by atoms with E-state index >= 15 is 0 Å². The fourth-order valence-corrected chi connectivity index (χ4v) is 3.24. The number of benzene rings is 2. The molecule has 2 aromatic rings. The third kappa shape index (κ3) is 4.57. The van der Waals surface area contributed by atoms with Crippen molar-refractivity contribution in [3.8, 4) is 0 Å². The molecule has 1 N–H and O–H groups in total. The van der Waals surface area contributed by atoms with Crippen LogP contribution in [0, 0.1) is 11.6 Å². The van der Waals surface area contributed by atoms with Gasteiger partial charge in [0.25, 0.3) is 0 Å². The second kappa shape index (κ2) is 7.16. The summed E-state index contributed by atoms with van der Waals surface area (Å²) >= 11 is 0. The highest BCUT2D eigenvalue weighted by Gasteiger charge is 2.20. The summed E-state index contributed by atoms with van der Waals surface area (Å²) in [5, 5.41) is 0. The molecule has 23 heavy (non-hydrogen) atoms. The van der Waals surface area contributed by atoms with E-state index in [2.05, 4.69) is 4.72 Å². The zero-order valence-corrected chi connectivity index (χ0v) is 13.6. The molecule has 0 bridgehead atoms. The van der Waals surface area contributed by atoms with Crippen LogP contribution in [-0.4, -0.2) is 34.0 Å². The van der Waals surface area contributed by atoms with Crippen molar-refractivity contribution in [1.82, 2.24) is 9.62 Å². The van der Waals surface area contributed by atoms with E-state index < -0.39 is 15.8 Å². The van der Waals surface area contributed by atoms with Gasteiger partial charge < -0.3 is 4.90 Å². The van der Waals surface area contributed by atoms with E-state index in [9.17, 15) is 17.2 Å². The second-order valence-corrected chi connectivity index (χ2v) is 7.11. The number of nitrogens with zero attached hydrogens (tertiary/aromatic N) is 1. The molecule has 0 saturated heterocycles. The van der Waals surface area contributed by atoms with E-state index in [1.807, 2.05) is 0 Å². The smallest absolute Gasteiger partial charge is 0.240 e. The molecule has 0 heterocycles. The van der Waals surface area contributed by atoms with Gasteiger partial charge in [0.05, 0.1) is 4.90 Å². The normalized spacial score (nSPS) is 13.3. The van der Waals surface area contributed by atoms with E-state index in [-0.39, 0.29) is 23.3 Å². The van der Waals surface area contributed by atoms with Gasteiger partial charge in [0, 0.05) is 12.6 Å². The topological polar surface area (TPSA) is 49.4 Å². The Morgan fingerprint density at radius 1 is 1.04 bits per heavy atom. The Balaban J connectivity index is 2.17. The predicted molar refractivity (Wildman–Crippen MR) is 84.4 cm³/mol. The Kier molecular flexibility index (Phi) is 5.46. The van der Waals surface area contributed by atoms with Crippen LogP contribution in [0.15, 0.2) is 53.4 Å². The lowest BCUT2D eigenvalue weighted by atomic mass is 10.1. The van der Waals surface area contributed by atoms with Crippen LogP contribution in [0.5, 0.6) is 0 Å². The van der Waals surface area contributed by atoms with E-state index in [0.717, 1.165) is 12.1 Å². The van der Waals surface area contributed by atoms with Crippen molar-refractivity contribution in [1.29, 1.82) is 0 Å². The molecule has 0 amide bonds. The molecule has 0 fully saturated rings. The summed E-state index contributed by atoms with van der Waals surface area (Å²) < 4.78 is 53.2. The molecule has 0 aliphatic rings. The molecule has 0 radical (unpaired) electrons. The van der Waals surface area contributed by atoms with Gasteiger partial charge in [-0.3, -0.25) is 0 Å². The highest BCUT2D eigenvalue weighted by Crippen LogP contribution is 2.19. The maximum Gasteiger partial charge on any atom is 0.240 e. The lowest BCUT2D eigenvalue weighted by Gasteiger charge is -2.25. The minimum Gasteiger partial charge on any atom is -0.301 e. The third-order valence-corrected chi connectivity index (χ3v) is 4.89. The number of hydrogen-bond acceptors (Lipinski definition) is 3. The number of likely N-dealkylation sites (N-methyl/N-ethyl adjacent to an activating group) is 1. The van der Waals surface area contributed by atoms with Gasteiger partial charge in [0.1, 0.15) is 11.6 Å². The molecule has 124 valence electrons. The van der Waals surface area contributed by atoms with Crippen LogP contribution in [-0.2, 0) is 10.0 Å². The zero-order valence-electron chi connectivity index (χ0n) is 12.8. The van der Waals surface area contributed by atoms with Crippen LogP contribution < -0.4 is 4.72 Å². The first-order valence-corrected chi connectivity index (χ1v) is 8.45. The Morgan fingerprint density at radius 2 is 1.70 bits per heavy atom. The number of hydrogen-bond donors (Lipinski definition) is 1. The Labute approximate surface area is 134 Å². The van der Waals surface area contributed by atoms with Crippen LogP contribution in [0.25, 0.3) is 0 Å². The average molecular weight is 340 g/mol. The summed E-state index contributed by atoms with van der Waals surface area (Å²) in [5.41, 5.74) is 0.664. The summed E-state index contributed by atoms with van der Waals surface area (Å²) in [6, 6.07) is 10.3. The van der Waals surface area contributed by atoms with Gasteiger partial charge in [0.15, 0.2) is 0 Å². The Bertz CT molecular complexity index is 762. The van der Waals surface area contributed by atoms with E-state index in [1.54, 1.807) is 31.1 Å². The maximum atomic E-state index is 13.4. The van der Waals surface area contributed by atoms with Crippen LogP contribution in [0.4, 0.5) is 8.78 Å². The van der Waals surface area contributed by atoms with Crippen molar-refractivity contribution >= 4 is 10.0 Å². The van der Waals surface area contributed by atoms with Crippen LogP contribution in [0.2, 0.25) is 0 Å². The van der Waals surface area contributed by atoms with Gasteiger partial charge in [-0.05, 0) is 56.1 Å². The Morgan fingerprint density at radius 3 is 2.26 bits per heavy atom. The Hall–Kier alpha value is -1.83. The van der Waals surface area contributed by atoms with E-state index in [1.165, 1.54) is 24.3 Å². The van der Waals surface area contributed by atoms with Crippen LogP contribution in [0.1, 0.15) is 11.6 Å². The predicted octanol–water partition coefficient (Wildman–Crippen LogP) is 2.55. The molecule has 0 saturated carbocycles. The van der Waals surface area contributed by atoms with Crippen LogP contribution >= 0.6 is 0 Å². The van der Waals surface area contributed by atoms with Crippen molar-refractivity contribution < 1.29 is 17.2 Å². The zero-order chi connectivity index (χ0) is 17.0. The number of rotatable bonds is 6. The number of nitrogens with one attached hydrogen (secondary N) is 1. The quantitative estimate of drug-likeness (QED) is 0.879. The van der Waals surface area contributed by atoms with Gasteiger partial charge >= 0.3 is 0 Å². The average Bonchev–Trinajstić information content (AvgIpc) is 2.47. The molecule has 2 aromatic carbocycles. The SMILES string of the molecule is CN(C)C(CNS(=O)(=O)c1ccc(F)cc1)c1cccc(F)c1. The molecule has 0 aromatic heterocycles. The second-order valence-electron chi connectivity index (χ2n) is 5.34. The van der Waals surface area contributed by atoms with Crippen molar-refractivity contribution in [3.05, 3.63) is 65.7 Å². The molecule has 0 aliphatic carbocycles. The molecular weight excluding hydrogens is 322 g/mol. The lowest BCUT2D eigenvalue weighted by Crippen LogP contribution is -2.34. The van der Waals surface area contributed by atoms with Gasteiger partial charge in [-0.25, -0.2) is 21.9 Å². The summed E-state index contributed by atoms with van der Waals surface area (Å²) in [7, 11) is -0.202. The highest BCUT2D eigenvalue weighted by atomic mass is 32.2. The first-order chi connectivity index (χ1) is 10.8. The summed E-state index contributed by atoms with van der Waals surface area (Å²) in [6.45, 7) is 0.0656. The number of sulfonamides is 1. The fraction of sp³-hybridized carbons (Fsp3) is 0.250. The molecule has 1 atom stereocenters. The molecule has 0 spiro atoms. The largest absolute Gasteiger partial charge is 0.301 e. The highest BCUT2D eigenvalue weighted by molar-refractivity contribution is 7.89. The monoisotopic (exact) mass is 340 g/mol. The minimum absolute atomic E-state index is 0.0179. The van der Waals surface area contributed by atoms with Crippen molar-refractivity contribution in [2.45, 2.75) is 10.9 Å². The summed E-state index contributed by atoms with van der Waals surface area (Å²) in [4.78, 5) is 1.78. The first-order valence-electron chi connectivity index (χ1n) is 6.97. The third-order valence-electron chi connectivity index (χ3n) is 3.45. The van der Waals surface area contributed by atoms with Gasteiger partial charge in [-0.1, -0.05) is 12.1 Å². The standard InChI is InChI=1S/C16H18F2N2O2S/c1-20(2)16(12-4-3-5-14(18)10-12)11-19-23(21,22)15-8-6-13(17)7-9-15/h3-10,16,19H,11H2,1-2H3. The first kappa shape index (κ1) is 17.5. The molecular formula is C16H18F2N2O2S. The summed E-state index contributed by atoms with van der Waals surface area (Å²) in [5.74, 6) is -0.884. The van der Waals surface area contributed by atoms with Crippen molar-refractivity contribution in [2.75, 3.05) is 20.6 Å². The minimum atomic E-state index is -3.76. The van der Waals surface area contributed by atoms with Crippen molar-refractivity contribution in [2.24, 2.45) is 0 Å². The lowest BCUT2D eigenvalue weighted by molar-refractivity contribution is 0.299. The summed E-state index contributed by atoms with van der Waals surface area (Å²) in [6.07, 6.45) is 0. The van der Waals surface area contributed by atoms with E-state index in [4.69, 9.17) is 0 Å². The molecule has 4 nitrogen and oxygen atoms in total. The molecule has 1 unspecified atom stereocenters. The van der Waals surface area contributed by atoms with Gasteiger partial charge in [-0.15, -0.1) is 0 Å². The maximum absolute atomic E-state index is 13.4. The van der Waals surface area contributed by atoms with Gasteiger partial charge in [0.2, 0.25) is 10.0 Å². The molecule has 0 aliphatic heterocycles. The molecule has 2 rings (SSSR count). The van der Waals surface area contributed by atoms with Gasteiger partial charge in [-0.2, -0.15) is 0 Å². The molecule has 7 heteroatoms. The van der Waals surface area contributed by atoms with E-state index in [0.29, 0.717) is 5.56 Å². The van der Waals surface area contributed by atoms with Crippen molar-refractivity contribution in [3.63, 3.8) is 0 Å².